The van der Waals surface area contributed by atoms with E-state index in [0.29, 0.717) is 104 Å². The molecule has 0 fully saturated rings. The van der Waals surface area contributed by atoms with E-state index in [1.807, 2.05) is 12.1 Å². The second-order valence-corrected chi connectivity index (χ2v) is 32.5. The van der Waals surface area contributed by atoms with Gasteiger partial charge in [-0.15, -0.1) is 0 Å². The molecule has 612 valence electrons. The van der Waals surface area contributed by atoms with Crippen LogP contribution in [0.5, 0.6) is 5.75 Å². The molecule has 0 saturated carbocycles. The van der Waals surface area contributed by atoms with Crippen LogP contribution >= 0.6 is 0 Å². The fourth-order valence-electron chi connectivity index (χ4n) is 10.1. The Bertz CT molecular complexity index is 2730. The third kappa shape index (κ3) is 53.9. The van der Waals surface area contributed by atoms with Crippen LogP contribution in [0.4, 0.5) is 28.8 Å². The largest absolute Gasteiger partial charge is 0.492 e. The molecule has 0 bridgehead atoms. The first kappa shape index (κ1) is 96.6. The number of benzene rings is 1. The van der Waals surface area contributed by atoms with Crippen LogP contribution in [-0.4, -0.2) is 188 Å². The topological polar surface area (TPSA) is 383 Å². The van der Waals surface area contributed by atoms with Crippen LogP contribution in [0.25, 0.3) is 0 Å². The summed E-state index contributed by atoms with van der Waals surface area (Å²) in [4.78, 5) is 134. The molecule has 107 heavy (non-hydrogen) atoms. The first-order valence-corrected chi connectivity index (χ1v) is 38.1. The van der Waals surface area contributed by atoms with E-state index in [0.717, 1.165) is 31.4 Å². The second kappa shape index (κ2) is 49.5. The lowest BCUT2D eigenvalue weighted by atomic mass is 10.1. The van der Waals surface area contributed by atoms with Crippen LogP contribution in [0, 0.1) is 0 Å². The minimum absolute atomic E-state index is 0.200. The van der Waals surface area contributed by atoms with Gasteiger partial charge in [-0.25, -0.2) is 28.8 Å². The van der Waals surface area contributed by atoms with Crippen molar-refractivity contribution in [3.05, 3.63) is 54.6 Å². The number of nitrogens with one attached hydrogen (secondary N) is 12. The van der Waals surface area contributed by atoms with Gasteiger partial charge in [-0.2, -0.15) is 0 Å². The summed E-state index contributed by atoms with van der Waals surface area (Å²) in [6.07, 6.45) is 5.82. The van der Waals surface area contributed by atoms with Gasteiger partial charge in [0.15, 0.2) is 0 Å². The van der Waals surface area contributed by atoms with E-state index in [1.54, 1.807) is 125 Å². The maximum atomic E-state index is 14.0. The Labute approximate surface area is 638 Å². The van der Waals surface area contributed by atoms with Crippen molar-refractivity contribution in [3.63, 3.8) is 0 Å². The summed E-state index contributed by atoms with van der Waals surface area (Å²) < 4.78 is 38.7. The van der Waals surface area contributed by atoms with Crippen molar-refractivity contribution in [2.24, 2.45) is 0 Å². The molecule has 1 rings (SSSR count). The molecule has 0 saturated heterocycles. The lowest BCUT2D eigenvalue weighted by Crippen LogP contribution is -2.49. The highest BCUT2D eigenvalue weighted by Gasteiger charge is 2.30. The zero-order valence-electron chi connectivity index (χ0n) is 68.2. The van der Waals surface area contributed by atoms with Crippen molar-refractivity contribution < 1.29 is 81.1 Å². The summed E-state index contributed by atoms with van der Waals surface area (Å²) in [7, 11) is 0. The van der Waals surface area contributed by atoms with Gasteiger partial charge in [0.05, 0.1) is 0 Å². The molecule has 0 radical (unpaired) electrons. The second-order valence-electron chi connectivity index (χ2n) is 32.5. The number of hydrogen-bond acceptors (Lipinski definition) is 20. The maximum Gasteiger partial charge on any atom is 0.413 e. The Morgan fingerprint density at radius 2 is 0.617 bits per heavy atom. The predicted molar refractivity (Wildman–Crippen MR) is 414 cm³/mol. The van der Waals surface area contributed by atoms with E-state index >= 15 is 0 Å². The Balaban J connectivity index is 3.16. The van der Waals surface area contributed by atoms with Crippen molar-refractivity contribution in [3.8, 4) is 5.75 Å². The summed E-state index contributed by atoms with van der Waals surface area (Å²) >= 11 is 0. The normalized spacial score (nSPS) is 12.9. The van der Waals surface area contributed by atoms with Gasteiger partial charge in [0.25, 0.3) is 0 Å². The zero-order chi connectivity index (χ0) is 81.0. The Kier molecular flexibility index (Phi) is 44.7. The highest BCUT2D eigenvalue weighted by atomic mass is 16.6. The van der Waals surface area contributed by atoms with Crippen molar-refractivity contribution >= 4 is 60.2 Å². The predicted octanol–water partition coefficient (Wildman–Crippen LogP) is 10.8. The van der Waals surface area contributed by atoms with Gasteiger partial charge in [-0.1, -0.05) is 45.1 Å². The van der Waals surface area contributed by atoms with Crippen LogP contribution in [0.3, 0.4) is 0 Å². The number of hydrogen-bond donors (Lipinski definition) is 12. The van der Waals surface area contributed by atoms with E-state index < -0.39 is 118 Å². The third-order valence-corrected chi connectivity index (χ3v) is 14.9. The number of alkyl carbamates (subject to hydrolysis) is 6. The van der Waals surface area contributed by atoms with E-state index in [2.05, 4.69) is 101 Å². The molecule has 4 atom stereocenters. The molecule has 1 aromatic carbocycles. The van der Waals surface area contributed by atoms with E-state index in [1.165, 1.54) is 5.56 Å². The quantitative estimate of drug-likeness (QED) is 0.0213. The van der Waals surface area contributed by atoms with Crippen LogP contribution in [0.2, 0.25) is 0 Å². The molecule has 0 heterocycles. The monoisotopic (exact) mass is 1520 g/mol. The van der Waals surface area contributed by atoms with Crippen molar-refractivity contribution in [1.29, 1.82) is 0 Å². The molecular formula is C77H137N13O17. The van der Waals surface area contributed by atoms with E-state index in [-0.39, 0.29) is 63.5 Å². The fourth-order valence-corrected chi connectivity index (χ4v) is 10.1. The van der Waals surface area contributed by atoms with E-state index in [4.69, 9.17) is 33.2 Å². The minimum Gasteiger partial charge on any atom is -0.492 e. The first-order chi connectivity index (χ1) is 49.7. The molecule has 10 amide bonds. The lowest BCUT2D eigenvalue weighted by molar-refractivity contribution is -0.124. The average Bonchev–Trinajstić information content (AvgIpc) is 1.16. The number of ether oxygens (including phenoxy) is 7. The standard InChI is InChI=1S/C77H137N13O17/c1-22-23-24-35-56-40-42-57(43-41-56)101-53-52-90(50-33-48-82-64(93)60(88-70(99)106-76(16,17)18)38-27-31-46-80-62(91)58(86-68(97)104-74(10,11)12)36-25-29-44-78-54(2)84-66(95)102-72(4,5)6)51-34-49-83-65(94)61(89-71(100)107-77(19,20)21)39-28-32-47-81-63(92)59(87-69(98)105-75(13,14)15)37-26-30-45-79-55(3)85-67(96)103-73(7,8)9/h40-43,58-61,78-79H,2-3,22-39,44-53H2,1,4-21H3,(H,80,91)(H,81,92)(H,82,93)(H,83,94)(H,84,95)(H,85,96)(H,86,97)(H,87,98)(H,88,99)(H,89,100)/t58-,59-,60-,61-/m0/s1. The van der Waals surface area contributed by atoms with Crippen molar-refractivity contribution in [2.75, 3.05) is 65.5 Å². The summed E-state index contributed by atoms with van der Waals surface area (Å²) in [5.41, 5.74) is -3.44. The number of unbranched alkanes of at least 4 members (excludes halogenated alkanes) is 6. The Morgan fingerprint density at radius 1 is 0.346 bits per heavy atom. The SMILES string of the molecule is C=C(NCCCC[C@H](NC(=O)OC(C)(C)C)C(=O)NCCCC[C@H](NC(=O)OC(C)(C)C)C(=O)NCCCN(CCCNC(=O)[C@H](CCCCNC(=O)[C@H](CCCCNC(=C)NC(=O)OC(C)(C)C)NC(=O)OC(C)(C)C)NC(=O)OC(C)(C)C)CCOc1ccc(CCCCC)cc1)NC(=O)OC(C)(C)C. The highest BCUT2D eigenvalue weighted by molar-refractivity contribution is 5.87. The van der Waals surface area contributed by atoms with Crippen LogP contribution in [0.15, 0.2) is 49.1 Å². The average molecular weight is 1520 g/mol. The van der Waals surface area contributed by atoms with Gasteiger partial charge >= 0.3 is 36.6 Å². The third-order valence-electron chi connectivity index (χ3n) is 14.9. The molecule has 0 aliphatic carbocycles. The summed E-state index contributed by atoms with van der Waals surface area (Å²) in [5.74, 6) is -0.471. The number of rotatable bonds is 48. The molecule has 0 aliphatic rings. The molecule has 0 aliphatic heterocycles. The van der Waals surface area contributed by atoms with Gasteiger partial charge in [0, 0.05) is 45.8 Å². The molecule has 30 nitrogen and oxygen atoms in total. The van der Waals surface area contributed by atoms with Crippen molar-refractivity contribution in [1.82, 2.24) is 68.7 Å². The Morgan fingerprint density at radius 3 is 0.897 bits per heavy atom. The molecule has 0 spiro atoms. The highest BCUT2D eigenvalue weighted by Crippen LogP contribution is 2.18. The summed E-state index contributed by atoms with van der Waals surface area (Å²) in [6, 6.07) is 4.26. The van der Waals surface area contributed by atoms with Gasteiger partial charge in [0.2, 0.25) is 23.6 Å². The minimum atomic E-state index is -0.985. The van der Waals surface area contributed by atoms with Crippen LogP contribution < -0.4 is 68.5 Å². The smallest absolute Gasteiger partial charge is 0.413 e. The maximum absolute atomic E-state index is 14.0. The van der Waals surface area contributed by atoms with Crippen LogP contribution in [-0.2, 0) is 54.0 Å². The molecule has 30 heteroatoms. The Hall–Kier alpha value is -8.44. The van der Waals surface area contributed by atoms with Crippen LogP contribution in [0.1, 0.15) is 246 Å². The number of nitrogens with zero attached hydrogens (tertiary/aromatic N) is 1. The number of aryl methyl sites for hydroxylation is 1. The summed E-state index contributed by atoms with van der Waals surface area (Å²) in [6.45, 7) is 44.5. The van der Waals surface area contributed by atoms with E-state index in [9.17, 15) is 47.9 Å². The zero-order valence-corrected chi connectivity index (χ0v) is 68.2. The van der Waals surface area contributed by atoms with Gasteiger partial charge in [0.1, 0.15) is 81.8 Å². The molecule has 0 aromatic heterocycles. The first-order valence-electron chi connectivity index (χ1n) is 38.1. The number of amides is 10. The number of carbonyl (C=O) groups is 10. The fraction of sp³-hybridized carbons (Fsp3) is 0.740. The van der Waals surface area contributed by atoms with Gasteiger partial charge in [-0.05, 0) is 258 Å². The van der Waals surface area contributed by atoms with Crippen molar-refractivity contribution in [2.45, 2.75) is 305 Å². The molecular weight excluding hydrogens is 1380 g/mol. The molecule has 12 N–H and O–H groups in total. The number of carbonyl (C=O) groups excluding carboxylic acids is 10. The lowest BCUT2D eigenvalue weighted by Gasteiger charge is -2.25. The molecule has 1 aromatic rings. The van der Waals surface area contributed by atoms with Gasteiger partial charge < -0.3 is 86.3 Å². The van der Waals surface area contributed by atoms with Gasteiger partial charge in [-0.3, -0.25) is 34.7 Å². The molecule has 0 unspecified atom stereocenters. The summed E-state index contributed by atoms with van der Waals surface area (Å²) in [5, 5.41) is 33.7.